The average Bonchev–Trinajstić information content (AvgIpc) is 1.59. The zero-order valence-electron chi connectivity index (χ0n) is 86.2. The van der Waals surface area contributed by atoms with E-state index < -0.39 is 0 Å². The Labute approximate surface area is 845 Å². The first-order chi connectivity index (χ1) is 61.8. The molecule has 729 valence electrons. The van der Waals surface area contributed by atoms with Crippen molar-refractivity contribution in [2.45, 2.75) is 314 Å². The van der Waals surface area contributed by atoms with Crippen LogP contribution in [-0.2, 0) is 90.9 Å². The van der Waals surface area contributed by atoms with E-state index in [0.29, 0.717) is 5.92 Å². The number of carbonyl (C=O) groups excluding carboxylic acids is 3. The van der Waals surface area contributed by atoms with Crippen LogP contribution in [0.4, 0.5) is 0 Å². The van der Waals surface area contributed by atoms with E-state index in [1.807, 2.05) is 102 Å². The number of nitrogens with zero attached hydrogens (tertiary/aromatic N) is 3. The smallest absolute Gasteiger partial charge is 0.162 e. The van der Waals surface area contributed by atoms with E-state index >= 15 is 0 Å². The molecule has 0 unspecified atom stereocenters. The van der Waals surface area contributed by atoms with Crippen molar-refractivity contribution in [1.29, 1.82) is 0 Å². The molecular weight excluding hydrogens is 2190 g/mol. The number of aliphatic hydroxyl groups excluding tert-OH is 3. The molecule has 3 radical (unpaired) electrons. The summed E-state index contributed by atoms with van der Waals surface area (Å²) in [5.41, 5.74) is 26.7. The van der Waals surface area contributed by atoms with Crippen LogP contribution >= 0.6 is 0 Å². The number of fused-ring (bicyclic) bond motifs is 3. The molecule has 0 atom stereocenters. The number of ketones is 3. The molecular formula is C119H154Ir3N3O9-3. The Balaban J connectivity index is 0.000000344. The molecule has 0 aliphatic carbocycles. The number of hydrogen-bond acceptors (Lipinski definition) is 12. The minimum absolute atomic E-state index is 0. The SMILES string of the molecule is CCC(CC)C(=O)C=C(O)C(CC)CC.CCC(CC)C(=O)C=C(O)C(CC)CC.CCC(CC)C(=O)C=C(O)C(CC)CC.Cc1[c-]c(-c2cc3cc(-c4c(C)cc(C(C)(C)C)cc4C)oc3cn2)cc(C)c1.Cc1[c-]c(-c2cc3cc(-c4cc(C(C)(C)C)cc(C(C)(C)C)c4)oc3cn2)cc(C)c1.Cc1[c-]c(-c2cc3cc(-c4ccc(C(C)C)cc4)oc3cn2)cc(C)c1.[Ir].[Ir].[Ir]. The van der Waals surface area contributed by atoms with Gasteiger partial charge in [0.05, 0.1) is 35.9 Å². The molecule has 15 heteroatoms. The third kappa shape index (κ3) is 33.4. The van der Waals surface area contributed by atoms with Crippen LogP contribution in [0.25, 0.3) is 101 Å². The number of hydrogen-bond donors (Lipinski definition) is 3. The van der Waals surface area contributed by atoms with Crippen LogP contribution in [0.5, 0.6) is 0 Å². The summed E-state index contributed by atoms with van der Waals surface area (Å²) in [6, 6.07) is 55.6. The second kappa shape index (κ2) is 54.2. The summed E-state index contributed by atoms with van der Waals surface area (Å²) in [6.07, 6.45) is 20.2. The van der Waals surface area contributed by atoms with Gasteiger partial charge in [-0.25, -0.2) is 0 Å². The zero-order chi connectivity index (χ0) is 97.3. The molecule has 0 aliphatic rings. The monoisotopic (exact) mass is 2350 g/mol. The molecule has 0 saturated heterocycles. The fourth-order valence-corrected chi connectivity index (χ4v) is 16.6. The third-order valence-corrected chi connectivity index (χ3v) is 25.2. The summed E-state index contributed by atoms with van der Waals surface area (Å²) in [6.45, 7) is 65.7. The Hall–Kier alpha value is -9.03. The van der Waals surface area contributed by atoms with E-state index in [0.717, 1.165) is 189 Å². The standard InChI is InChI=1S/C29H32NO.C27H28NO.C24H22NO.3C13H24O2.3Ir/c1-18-9-19(2)11-20(10-18)25-14-22-15-26(31-27(22)17-30-25)21-12-23(28(3,4)5)16-24(13-21)29(6,7)8;1-16-8-17(2)10-20(9-16)23-13-21-14-24(29-25(21)15-28-23)26-18(3)11-22(12-19(26)4)27(5,6)7;1-15(2)18-5-7-19(8-6-18)23-13-21-12-22(25-14-24(21)26-23)20-10-16(3)9-17(4)11-20;3*1-5-10(6-2)12(14)9-13(15)11(7-3)8-4;;;/h9-10,12-17H,1-8H3;8-9,11-15H,1-7H3;5-10,12-15H,1-4H3;3*9-11,14H,5-8H2,1-4H3;;;/q3*-1;;;;;;. The first kappa shape index (κ1) is 117. The molecule has 0 saturated carbocycles. The van der Waals surface area contributed by atoms with Crippen molar-refractivity contribution in [2.24, 2.45) is 35.5 Å². The number of carbonyl (C=O) groups is 3. The molecule has 0 fully saturated rings. The van der Waals surface area contributed by atoms with Gasteiger partial charge in [0.15, 0.2) is 34.1 Å². The number of rotatable bonds is 28. The molecule has 12 nitrogen and oxygen atoms in total. The van der Waals surface area contributed by atoms with Gasteiger partial charge in [-0.3, -0.25) is 14.4 Å². The van der Waals surface area contributed by atoms with Gasteiger partial charge in [-0.15, -0.1) is 105 Å². The van der Waals surface area contributed by atoms with Crippen molar-refractivity contribution in [3.05, 3.63) is 266 Å². The van der Waals surface area contributed by atoms with E-state index in [9.17, 15) is 29.7 Å². The Bertz CT molecular complexity index is 5640. The van der Waals surface area contributed by atoms with Gasteiger partial charge in [-0.2, -0.15) is 0 Å². The molecule has 12 rings (SSSR count). The van der Waals surface area contributed by atoms with Crippen molar-refractivity contribution in [1.82, 2.24) is 15.0 Å². The van der Waals surface area contributed by atoms with Crippen molar-refractivity contribution in [2.75, 3.05) is 0 Å². The van der Waals surface area contributed by atoms with Crippen molar-refractivity contribution in [3.63, 3.8) is 0 Å². The molecule has 0 spiro atoms. The van der Waals surface area contributed by atoms with Gasteiger partial charge < -0.3 is 43.5 Å². The maximum Gasteiger partial charge on any atom is 0.162 e. The first-order valence-electron chi connectivity index (χ1n) is 48.2. The molecule has 3 N–H and O–H groups in total. The Morgan fingerprint density at radius 1 is 0.336 bits per heavy atom. The van der Waals surface area contributed by atoms with E-state index in [1.165, 1.54) is 73.9 Å². The van der Waals surface area contributed by atoms with E-state index in [4.69, 9.17) is 13.3 Å². The Morgan fingerprint density at radius 3 is 0.858 bits per heavy atom. The van der Waals surface area contributed by atoms with Gasteiger partial charge in [-0.1, -0.05) is 261 Å². The molecule has 12 aromatic rings. The van der Waals surface area contributed by atoms with Crippen LogP contribution in [0.2, 0.25) is 0 Å². The normalized spacial score (nSPS) is 11.9. The van der Waals surface area contributed by atoms with Crippen LogP contribution in [0, 0.1) is 109 Å². The molecule has 0 aliphatic heterocycles. The number of aromatic nitrogens is 3. The fourth-order valence-electron chi connectivity index (χ4n) is 16.6. The second-order valence-electron chi connectivity index (χ2n) is 39.2. The number of furan rings is 3. The largest absolute Gasteiger partial charge is 0.512 e. The molecule has 134 heavy (non-hydrogen) atoms. The maximum atomic E-state index is 11.7. The van der Waals surface area contributed by atoms with Crippen LogP contribution in [-0.4, -0.2) is 47.6 Å². The number of aryl methyl sites for hydroxylation is 8. The Kier molecular flexibility index (Phi) is 47.4. The summed E-state index contributed by atoms with van der Waals surface area (Å²) in [5.74, 6) is 4.83. The molecule has 0 amide bonds. The number of pyridine rings is 3. The quantitative estimate of drug-likeness (QED) is 0.0239. The fraction of sp³-hybridized carbons (Fsp3) is 0.445. The number of aliphatic hydroxyl groups is 3. The van der Waals surface area contributed by atoms with E-state index in [2.05, 4.69) is 292 Å². The van der Waals surface area contributed by atoms with Gasteiger partial charge in [0.25, 0.3) is 0 Å². The Morgan fingerprint density at radius 2 is 0.597 bits per heavy atom. The summed E-state index contributed by atoms with van der Waals surface area (Å²) in [7, 11) is 0. The van der Waals surface area contributed by atoms with Crippen LogP contribution in [0.15, 0.2) is 195 Å². The molecule has 0 bridgehead atoms. The predicted molar refractivity (Wildman–Crippen MR) is 551 cm³/mol. The van der Waals surface area contributed by atoms with Gasteiger partial charge >= 0.3 is 0 Å². The number of allylic oxidation sites excluding steroid dienone is 6. The summed E-state index contributed by atoms with van der Waals surface area (Å²) in [4.78, 5) is 49.0. The van der Waals surface area contributed by atoms with Gasteiger partial charge in [0.2, 0.25) is 0 Å². The summed E-state index contributed by atoms with van der Waals surface area (Å²) < 4.78 is 18.5. The molecule has 6 aromatic heterocycles. The minimum Gasteiger partial charge on any atom is -0.512 e. The summed E-state index contributed by atoms with van der Waals surface area (Å²) >= 11 is 0. The topological polar surface area (TPSA) is 190 Å². The van der Waals surface area contributed by atoms with E-state index in [-0.39, 0.29) is 147 Å². The van der Waals surface area contributed by atoms with Gasteiger partial charge in [-0.05, 0) is 194 Å². The predicted octanol–water partition coefficient (Wildman–Crippen LogP) is 34.0. The van der Waals surface area contributed by atoms with E-state index in [1.54, 1.807) is 0 Å². The summed E-state index contributed by atoms with van der Waals surface area (Å²) in [5, 5.41) is 32.5. The van der Waals surface area contributed by atoms with Crippen LogP contribution < -0.4 is 0 Å². The first-order valence-corrected chi connectivity index (χ1v) is 48.2. The van der Waals surface area contributed by atoms with Crippen molar-refractivity contribution < 1.29 is 103 Å². The van der Waals surface area contributed by atoms with Crippen LogP contribution in [0.3, 0.4) is 0 Å². The van der Waals surface area contributed by atoms with Crippen molar-refractivity contribution in [3.8, 4) is 67.7 Å². The van der Waals surface area contributed by atoms with Crippen LogP contribution in [0.1, 0.15) is 309 Å². The zero-order valence-corrected chi connectivity index (χ0v) is 93.4. The third-order valence-electron chi connectivity index (χ3n) is 25.2. The second-order valence-corrected chi connectivity index (χ2v) is 39.2. The van der Waals surface area contributed by atoms with Gasteiger partial charge in [0, 0.05) is 147 Å². The van der Waals surface area contributed by atoms with Gasteiger partial charge in [0.1, 0.15) is 17.3 Å². The maximum absolute atomic E-state index is 11.7. The minimum atomic E-state index is 0. The average molecular weight is 2350 g/mol. The molecule has 6 heterocycles. The molecule has 6 aromatic carbocycles. The van der Waals surface area contributed by atoms with Crippen molar-refractivity contribution >= 4 is 50.3 Å². The number of benzene rings is 6.